The van der Waals surface area contributed by atoms with Gasteiger partial charge in [0.15, 0.2) is 0 Å². The summed E-state index contributed by atoms with van der Waals surface area (Å²) in [6.45, 7) is 2.03. The largest absolute Gasteiger partial charge is 0.383 e. The van der Waals surface area contributed by atoms with E-state index in [4.69, 9.17) is 5.73 Å². The van der Waals surface area contributed by atoms with E-state index in [1.54, 1.807) is 11.3 Å². The molecule has 80 valence electrons. The maximum atomic E-state index is 6.14. The molecule has 3 aromatic heterocycles. The van der Waals surface area contributed by atoms with Crippen LogP contribution in [0.25, 0.3) is 16.2 Å². The van der Waals surface area contributed by atoms with Crippen molar-refractivity contribution in [1.29, 1.82) is 0 Å². The lowest BCUT2D eigenvalue weighted by molar-refractivity contribution is 1.10. The highest BCUT2D eigenvalue weighted by atomic mass is 32.1. The van der Waals surface area contributed by atoms with Crippen molar-refractivity contribution in [2.45, 2.75) is 6.92 Å². The SMILES string of the molecule is Cc1cccc2nc(-c3cccs3)c(N)n12. The minimum absolute atomic E-state index is 0.718. The van der Waals surface area contributed by atoms with Crippen molar-refractivity contribution >= 4 is 22.8 Å². The Kier molecular flexibility index (Phi) is 1.97. The van der Waals surface area contributed by atoms with E-state index >= 15 is 0 Å². The number of pyridine rings is 1. The minimum Gasteiger partial charge on any atom is -0.383 e. The number of imidazole rings is 1. The zero-order valence-electron chi connectivity index (χ0n) is 8.84. The summed E-state index contributed by atoms with van der Waals surface area (Å²) < 4.78 is 1.98. The highest BCUT2D eigenvalue weighted by molar-refractivity contribution is 7.13. The monoisotopic (exact) mass is 229 g/mol. The fourth-order valence-corrected chi connectivity index (χ4v) is 2.60. The topological polar surface area (TPSA) is 43.3 Å². The first kappa shape index (κ1) is 9.42. The number of nitrogens with zero attached hydrogens (tertiary/aromatic N) is 2. The van der Waals surface area contributed by atoms with Gasteiger partial charge >= 0.3 is 0 Å². The average molecular weight is 229 g/mol. The molecule has 0 spiro atoms. The van der Waals surface area contributed by atoms with Crippen LogP contribution >= 0.6 is 11.3 Å². The minimum atomic E-state index is 0.718. The summed E-state index contributed by atoms with van der Waals surface area (Å²) in [5.74, 6) is 0.718. The third-order valence-corrected chi connectivity index (χ3v) is 3.51. The van der Waals surface area contributed by atoms with Gasteiger partial charge in [0.25, 0.3) is 0 Å². The summed E-state index contributed by atoms with van der Waals surface area (Å²) >= 11 is 1.66. The molecule has 2 N–H and O–H groups in total. The Morgan fingerprint density at radius 2 is 2.12 bits per heavy atom. The number of anilines is 1. The maximum Gasteiger partial charge on any atom is 0.139 e. The number of nitrogens with two attached hydrogens (primary N) is 1. The zero-order valence-corrected chi connectivity index (χ0v) is 9.66. The number of fused-ring (bicyclic) bond motifs is 1. The molecule has 0 saturated carbocycles. The number of hydrogen-bond donors (Lipinski definition) is 1. The molecule has 0 aliphatic rings. The second kappa shape index (κ2) is 3.35. The van der Waals surface area contributed by atoms with E-state index in [1.807, 2.05) is 47.0 Å². The predicted molar refractivity (Wildman–Crippen MR) is 67.7 cm³/mol. The summed E-state index contributed by atoms with van der Waals surface area (Å²) in [5.41, 5.74) is 9.02. The van der Waals surface area contributed by atoms with Crippen molar-refractivity contribution in [3.05, 3.63) is 41.4 Å². The fraction of sp³-hybridized carbons (Fsp3) is 0.0833. The molecule has 0 amide bonds. The van der Waals surface area contributed by atoms with Crippen molar-refractivity contribution in [3.8, 4) is 10.6 Å². The maximum absolute atomic E-state index is 6.14. The van der Waals surface area contributed by atoms with Crippen molar-refractivity contribution in [2.24, 2.45) is 0 Å². The summed E-state index contributed by atoms with van der Waals surface area (Å²) in [5, 5.41) is 2.03. The molecule has 0 bridgehead atoms. The molecule has 3 nitrogen and oxygen atoms in total. The Morgan fingerprint density at radius 3 is 2.81 bits per heavy atom. The molecule has 0 unspecified atom stereocenters. The highest BCUT2D eigenvalue weighted by Crippen LogP contribution is 2.30. The van der Waals surface area contributed by atoms with Crippen LogP contribution in [0.3, 0.4) is 0 Å². The number of aromatic nitrogens is 2. The fourth-order valence-electron chi connectivity index (χ4n) is 1.88. The van der Waals surface area contributed by atoms with Crippen LogP contribution in [0.4, 0.5) is 5.82 Å². The van der Waals surface area contributed by atoms with E-state index in [0.29, 0.717) is 0 Å². The highest BCUT2D eigenvalue weighted by Gasteiger charge is 2.12. The van der Waals surface area contributed by atoms with Crippen LogP contribution in [-0.4, -0.2) is 9.38 Å². The lowest BCUT2D eigenvalue weighted by Gasteiger charge is -2.00. The normalized spacial score (nSPS) is 11.1. The number of nitrogen functional groups attached to an aromatic ring is 1. The van der Waals surface area contributed by atoms with Gasteiger partial charge in [0.1, 0.15) is 17.2 Å². The van der Waals surface area contributed by atoms with Gasteiger partial charge in [-0.15, -0.1) is 11.3 Å². The van der Waals surface area contributed by atoms with Crippen molar-refractivity contribution in [3.63, 3.8) is 0 Å². The smallest absolute Gasteiger partial charge is 0.139 e. The van der Waals surface area contributed by atoms with Crippen molar-refractivity contribution in [1.82, 2.24) is 9.38 Å². The van der Waals surface area contributed by atoms with Gasteiger partial charge in [-0.25, -0.2) is 4.98 Å². The molecule has 3 rings (SSSR count). The number of rotatable bonds is 1. The van der Waals surface area contributed by atoms with E-state index in [0.717, 1.165) is 27.7 Å². The molecule has 16 heavy (non-hydrogen) atoms. The summed E-state index contributed by atoms with van der Waals surface area (Å²) in [6.07, 6.45) is 0. The van der Waals surface area contributed by atoms with E-state index in [-0.39, 0.29) is 0 Å². The summed E-state index contributed by atoms with van der Waals surface area (Å²) in [7, 11) is 0. The van der Waals surface area contributed by atoms with Gasteiger partial charge in [-0.3, -0.25) is 4.40 Å². The van der Waals surface area contributed by atoms with Gasteiger partial charge in [0.2, 0.25) is 0 Å². The van der Waals surface area contributed by atoms with Crippen LogP contribution in [0.2, 0.25) is 0 Å². The van der Waals surface area contributed by atoms with Gasteiger partial charge in [0, 0.05) is 5.69 Å². The van der Waals surface area contributed by atoms with E-state index in [9.17, 15) is 0 Å². The third-order valence-electron chi connectivity index (χ3n) is 2.63. The standard InChI is InChI=1S/C12H11N3S/c1-8-4-2-6-10-14-11(12(13)15(8)10)9-5-3-7-16-9/h2-7H,13H2,1H3. The quantitative estimate of drug-likeness (QED) is 0.697. The Hall–Kier alpha value is -1.81. The molecule has 0 atom stereocenters. The van der Waals surface area contributed by atoms with Gasteiger partial charge in [-0.05, 0) is 30.5 Å². The van der Waals surface area contributed by atoms with Crippen molar-refractivity contribution in [2.75, 3.05) is 5.73 Å². The zero-order chi connectivity index (χ0) is 11.1. The number of thiophene rings is 1. The first-order chi connectivity index (χ1) is 7.77. The second-order valence-corrected chi connectivity index (χ2v) is 4.63. The van der Waals surface area contributed by atoms with E-state index in [1.165, 1.54) is 0 Å². The van der Waals surface area contributed by atoms with E-state index < -0.39 is 0 Å². The van der Waals surface area contributed by atoms with Gasteiger partial charge < -0.3 is 5.73 Å². The summed E-state index contributed by atoms with van der Waals surface area (Å²) in [4.78, 5) is 5.68. The molecular formula is C12H11N3S. The predicted octanol–water partition coefficient (Wildman–Crippen LogP) is 2.95. The van der Waals surface area contributed by atoms with E-state index in [2.05, 4.69) is 4.98 Å². The Labute approximate surface area is 97.2 Å². The molecule has 0 aromatic carbocycles. The average Bonchev–Trinajstić information content (AvgIpc) is 2.86. The number of aryl methyl sites for hydroxylation is 1. The van der Waals surface area contributed by atoms with Crippen LogP contribution in [0.15, 0.2) is 35.7 Å². The van der Waals surface area contributed by atoms with Crippen LogP contribution in [-0.2, 0) is 0 Å². The molecule has 0 aliphatic carbocycles. The Bertz CT molecular complexity index is 638. The van der Waals surface area contributed by atoms with Crippen LogP contribution in [0.5, 0.6) is 0 Å². The van der Waals surface area contributed by atoms with Crippen LogP contribution < -0.4 is 5.73 Å². The lowest BCUT2D eigenvalue weighted by Crippen LogP contribution is -1.96. The molecule has 4 heteroatoms. The molecule has 0 fully saturated rings. The molecular weight excluding hydrogens is 218 g/mol. The van der Waals surface area contributed by atoms with Crippen LogP contribution in [0.1, 0.15) is 5.69 Å². The van der Waals surface area contributed by atoms with Gasteiger partial charge in [0.05, 0.1) is 4.88 Å². The molecule has 3 aromatic rings. The first-order valence-electron chi connectivity index (χ1n) is 5.05. The van der Waals surface area contributed by atoms with Crippen LogP contribution in [0, 0.1) is 6.92 Å². The molecule has 0 radical (unpaired) electrons. The second-order valence-electron chi connectivity index (χ2n) is 3.68. The first-order valence-corrected chi connectivity index (χ1v) is 5.93. The number of hydrogen-bond acceptors (Lipinski definition) is 3. The molecule has 3 heterocycles. The van der Waals surface area contributed by atoms with Gasteiger partial charge in [-0.1, -0.05) is 12.1 Å². The Morgan fingerprint density at radius 1 is 1.25 bits per heavy atom. The molecule has 0 aliphatic heterocycles. The van der Waals surface area contributed by atoms with Gasteiger partial charge in [-0.2, -0.15) is 0 Å². The Balaban J connectivity index is 2.36. The van der Waals surface area contributed by atoms with Crippen molar-refractivity contribution < 1.29 is 0 Å². The third kappa shape index (κ3) is 1.23. The molecule has 0 saturated heterocycles. The summed E-state index contributed by atoms with van der Waals surface area (Å²) in [6, 6.07) is 10.0. The lowest BCUT2D eigenvalue weighted by atomic mass is 10.3.